The Morgan fingerprint density at radius 3 is 2.52 bits per heavy atom. The van der Waals surface area contributed by atoms with Gasteiger partial charge in [-0.3, -0.25) is 4.79 Å². The average molecular weight is 288 g/mol. The summed E-state index contributed by atoms with van der Waals surface area (Å²) >= 11 is 0. The van der Waals surface area contributed by atoms with Crippen LogP contribution < -0.4 is 5.32 Å². The summed E-state index contributed by atoms with van der Waals surface area (Å²) in [5.41, 5.74) is 1.49. The zero-order chi connectivity index (χ0) is 15.6. The van der Waals surface area contributed by atoms with Crippen molar-refractivity contribution in [3.05, 3.63) is 36.0 Å². The lowest BCUT2D eigenvalue weighted by Gasteiger charge is -2.17. The monoisotopic (exact) mass is 288 g/mol. The second kappa shape index (κ2) is 5.99. The van der Waals surface area contributed by atoms with Crippen LogP contribution in [-0.4, -0.2) is 27.6 Å². The lowest BCUT2D eigenvalue weighted by atomic mass is 10.0. The zero-order valence-corrected chi connectivity index (χ0v) is 12.5. The Balaban J connectivity index is 2.38. The van der Waals surface area contributed by atoms with Gasteiger partial charge in [0.25, 0.3) is 5.91 Å². The van der Waals surface area contributed by atoms with Crippen molar-refractivity contribution < 1.29 is 14.7 Å². The highest BCUT2D eigenvalue weighted by atomic mass is 16.4. The Kier molecular flexibility index (Phi) is 4.31. The molecule has 1 aromatic heterocycles. The minimum Gasteiger partial charge on any atom is -0.480 e. The van der Waals surface area contributed by atoms with Gasteiger partial charge in [0.05, 0.1) is 5.56 Å². The molecule has 1 aromatic carbocycles. The fraction of sp³-hybridized carbons (Fsp3) is 0.375. The minimum absolute atomic E-state index is 0.175. The van der Waals surface area contributed by atoms with Crippen LogP contribution in [0.1, 0.15) is 31.1 Å². The summed E-state index contributed by atoms with van der Waals surface area (Å²) in [5.74, 6) is -1.54. The SMILES string of the molecule is CCn1cc(C(=O)N[C@H](C(=O)O)C(C)C)c2ccccc21. The Bertz CT molecular complexity index is 673. The number of hydrogen-bond acceptors (Lipinski definition) is 2. The van der Waals surface area contributed by atoms with Gasteiger partial charge in [-0.1, -0.05) is 32.0 Å². The predicted molar refractivity (Wildman–Crippen MR) is 81.3 cm³/mol. The van der Waals surface area contributed by atoms with Gasteiger partial charge >= 0.3 is 5.97 Å². The number of carboxylic acids is 1. The van der Waals surface area contributed by atoms with Crippen molar-refractivity contribution in [3.63, 3.8) is 0 Å². The summed E-state index contributed by atoms with van der Waals surface area (Å²) in [6.07, 6.45) is 1.78. The number of nitrogens with one attached hydrogen (secondary N) is 1. The number of carboxylic acid groups (broad SMARTS) is 1. The van der Waals surface area contributed by atoms with Crippen molar-refractivity contribution >= 4 is 22.8 Å². The number of benzene rings is 1. The number of rotatable bonds is 5. The van der Waals surface area contributed by atoms with Crippen LogP contribution in [0.5, 0.6) is 0 Å². The third kappa shape index (κ3) is 2.91. The maximum Gasteiger partial charge on any atom is 0.326 e. The first-order chi connectivity index (χ1) is 9.95. The average Bonchev–Trinajstić information content (AvgIpc) is 2.82. The smallest absolute Gasteiger partial charge is 0.326 e. The second-order valence-corrected chi connectivity index (χ2v) is 5.38. The van der Waals surface area contributed by atoms with Crippen molar-refractivity contribution in [2.75, 3.05) is 0 Å². The Morgan fingerprint density at radius 1 is 1.29 bits per heavy atom. The lowest BCUT2D eigenvalue weighted by molar-refractivity contribution is -0.140. The molecule has 1 heterocycles. The van der Waals surface area contributed by atoms with Crippen LogP contribution in [0.2, 0.25) is 0 Å². The van der Waals surface area contributed by atoms with Gasteiger partial charge in [-0.25, -0.2) is 4.79 Å². The van der Waals surface area contributed by atoms with Gasteiger partial charge in [-0.15, -0.1) is 0 Å². The van der Waals surface area contributed by atoms with Gasteiger partial charge < -0.3 is 15.0 Å². The van der Waals surface area contributed by atoms with Crippen LogP contribution in [0.3, 0.4) is 0 Å². The number of fused-ring (bicyclic) bond motifs is 1. The standard InChI is InChI=1S/C16H20N2O3/c1-4-18-9-12(11-7-5-6-8-13(11)18)15(19)17-14(10(2)3)16(20)21/h5-10,14H,4H2,1-3H3,(H,17,19)(H,20,21)/t14-/m0/s1. The Hall–Kier alpha value is -2.30. The van der Waals surface area contributed by atoms with Crippen LogP contribution in [0.4, 0.5) is 0 Å². The van der Waals surface area contributed by atoms with E-state index in [1.165, 1.54) is 0 Å². The van der Waals surface area contributed by atoms with Crippen molar-refractivity contribution in [2.24, 2.45) is 5.92 Å². The highest BCUT2D eigenvalue weighted by Gasteiger charge is 2.25. The van der Waals surface area contributed by atoms with E-state index in [2.05, 4.69) is 5.32 Å². The summed E-state index contributed by atoms with van der Waals surface area (Å²) in [5, 5.41) is 12.6. The van der Waals surface area contributed by atoms with Gasteiger partial charge in [0.15, 0.2) is 0 Å². The number of aryl methyl sites for hydroxylation is 1. The van der Waals surface area contributed by atoms with Gasteiger partial charge in [0.2, 0.25) is 0 Å². The molecular weight excluding hydrogens is 268 g/mol. The number of carbonyl (C=O) groups is 2. The van der Waals surface area contributed by atoms with Crippen LogP contribution >= 0.6 is 0 Å². The fourth-order valence-corrected chi connectivity index (χ4v) is 2.42. The van der Waals surface area contributed by atoms with E-state index in [1.54, 1.807) is 20.0 Å². The third-order valence-electron chi connectivity index (χ3n) is 3.59. The van der Waals surface area contributed by atoms with E-state index in [4.69, 9.17) is 0 Å². The summed E-state index contributed by atoms with van der Waals surface area (Å²) in [7, 11) is 0. The van der Waals surface area contributed by atoms with Gasteiger partial charge in [0, 0.05) is 23.6 Å². The molecule has 0 fully saturated rings. The number of carbonyl (C=O) groups excluding carboxylic acids is 1. The first-order valence-electron chi connectivity index (χ1n) is 7.07. The number of hydrogen-bond donors (Lipinski definition) is 2. The molecule has 2 N–H and O–H groups in total. The predicted octanol–water partition coefficient (Wildman–Crippen LogP) is 2.50. The summed E-state index contributed by atoms with van der Waals surface area (Å²) in [6, 6.07) is 6.73. The van der Waals surface area contributed by atoms with E-state index in [-0.39, 0.29) is 11.8 Å². The molecule has 0 unspecified atom stereocenters. The summed E-state index contributed by atoms with van der Waals surface area (Å²) in [6.45, 7) is 6.30. The molecule has 2 rings (SSSR count). The maximum absolute atomic E-state index is 12.4. The third-order valence-corrected chi connectivity index (χ3v) is 3.59. The lowest BCUT2D eigenvalue weighted by Crippen LogP contribution is -2.44. The van der Waals surface area contributed by atoms with Crippen molar-refractivity contribution in [1.82, 2.24) is 9.88 Å². The molecule has 5 nitrogen and oxygen atoms in total. The number of para-hydroxylation sites is 1. The normalized spacial score (nSPS) is 12.6. The zero-order valence-electron chi connectivity index (χ0n) is 12.5. The number of amides is 1. The van der Waals surface area contributed by atoms with E-state index in [9.17, 15) is 14.7 Å². The molecule has 0 aliphatic heterocycles. The Labute approximate surface area is 123 Å². The number of nitrogens with zero attached hydrogens (tertiary/aromatic N) is 1. The first-order valence-corrected chi connectivity index (χ1v) is 7.07. The van der Waals surface area contributed by atoms with E-state index >= 15 is 0 Å². The summed E-state index contributed by atoms with van der Waals surface area (Å²) in [4.78, 5) is 23.6. The first kappa shape index (κ1) is 15.1. The highest BCUT2D eigenvalue weighted by molar-refractivity contribution is 6.07. The molecule has 0 bridgehead atoms. The number of aliphatic carboxylic acids is 1. The molecule has 21 heavy (non-hydrogen) atoms. The molecule has 0 aliphatic rings. The quantitative estimate of drug-likeness (QED) is 0.888. The van der Waals surface area contributed by atoms with Crippen molar-refractivity contribution in [1.29, 1.82) is 0 Å². The van der Waals surface area contributed by atoms with Crippen LogP contribution in [-0.2, 0) is 11.3 Å². The van der Waals surface area contributed by atoms with Crippen LogP contribution in [0.25, 0.3) is 10.9 Å². The van der Waals surface area contributed by atoms with Gasteiger partial charge in [-0.05, 0) is 18.9 Å². The molecule has 1 atom stereocenters. The fourth-order valence-electron chi connectivity index (χ4n) is 2.42. The number of aromatic nitrogens is 1. The molecule has 0 spiro atoms. The molecule has 5 heteroatoms. The largest absolute Gasteiger partial charge is 0.480 e. The van der Waals surface area contributed by atoms with E-state index in [0.29, 0.717) is 5.56 Å². The molecule has 2 aromatic rings. The second-order valence-electron chi connectivity index (χ2n) is 5.38. The molecule has 0 aliphatic carbocycles. The molecule has 112 valence electrons. The molecular formula is C16H20N2O3. The van der Waals surface area contributed by atoms with E-state index in [0.717, 1.165) is 17.4 Å². The summed E-state index contributed by atoms with van der Waals surface area (Å²) < 4.78 is 1.98. The topological polar surface area (TPSA) is 71.3 Å². The van der Waals surface area contributed by atoms with Crippen molar-refractivity contribution in [3.8, 4) is 0 Å². The van der Waals surface area contributed by atoms with E-state index in [1.807, 2.05) is 35.8 Å². The molecule has 1 amide bonds. The van der Waals surface area contributed by atoms with Gasteiger partial charge in [0.1, 0.15) is 6.04 Å². The Morgan fingerprint density at radius 2 is 1.95 bits per heavy atom. The van der Waals surface area contributed by atoms with Crippen LogP contribution in [0.15, 0.2) is 30.5 Å². The van der Waals surface area contributed by atoms with Crippen LogP contribution in [0, 0.1) is 5.92 Å². The van der Waals surface area contributed by atoms with Gasteiger partial charge in [-0.2, -0.15) is 0 Å². The molecule has 0 radical (unpaired) electrons. The highest BCUT2D eigenvalue weighted by Crippen LogP contribution is 2.21. The van der Waals surface area contributed by atoms with E-state index < -0.39 is 12.0 Å². The molecule has 0 saturated heterocycles. The molecule has 0 saturated carbocycles. The van der Waals surface area contributed by atoms with Crippen molar-refractivity contribution in [2.45, 2.75) is 33.4 Å². The minimum atomic E-state index is -1.02. The maximum atomic E-state index is 12.4.